The first-order valence-corrected chi connectivity index (χ1v) is 5.86. The molecule has 1 aliphatic rings. The number of halogens is 1. The highest BCUT2D eigenvalue weighted by atomic mass is 35.5. The lowest BCUT2D eigenvalue weighted by atomic mass is 10.0. The molecule has 2 atom stereocenters. The molecule has 2 N–H and O–H groups in total. The van der Waals surface area contributed by atoms with Gasteiger partial charge in [-0.15, -0.1) is 0 Å². The minimum absolute atomic E-state index is 0.213. The van der Waals surface area contributed by atoms with E-state index in [1.807, 2.05) is 18.2 Å². The van der Waals surface area contributed by atoms with Gasteiger partial charge in [0, 0.05) is 17.6 Å². The van der Waals surface area contributed by atoms with Crippen LogP contribution >= 0.6 is 11.6 Å². The molecule has 0 radical (unpaired) electrons. The molecular weight excluding hydrogens is 208 g/mol. The molecule has 0 aliphatic carbocycles. The third-order valence-electron chi connectivity index (χ3n) is 3.18. The van der Waals surface area contributed by atoms with Gasteiger partial charge in [0.15, 0.2) is 0 Å². The Kier molecular flexibility index (Phi) is 3.29. The van der Waals surface area contributed by atoms with E-state index in [1.54, 1.807) is 0 Å². The molecule has 82 valence electrons. The zero-order valence-electron chi connectivity index (χ0n) is 8.99. The van der Waals surface area contributed by atoms with Crippen LogP contribution < -0.4 is 5.73 Å². The molecule has 0 bridgehead atoms. The second-order valence-electron chi connectivity index (χ2n) is 4.05. The molecule has 2 nitrogen and oxygen atoms in total. The lowest BCUT2D eigenvalue weighted by molar-refractivity contribution is 0.261. The van der Waals surface area contributed by atoms with Crippen LogP contribution in [0, 0.1) is 0 Å². The second-order valence-corrected chi connectivity index (χ2v) is 4.45. The fraction of sp³-hybridized carbons (Fsp3) is 0.500. The second kappa shape index (κ2) is 4.52. The van der Waals surface area contributed by atoms with Gasteiger partial charge < -0.3 is 5.73 Å². The molecule has 15 heavy (non-hydrogen) atoms. The van der Waals surface area contributed by atoms with Crippen molar-refractivity contribution in [2.24, 2.45) is 5.73 Å². The van der Waals surface area contributed by atoms with Crippen LogP contribution in [0.25, 0.3) is 0 Å². The summed E-state index contributed by atoms with van der Waals surface area (Å²) in [5, 5.41) is 0.832. The number of likely N-dealkylation sites (tertiary alicyclic amines) is 1. The predicted molar refractivity (Wildman–Crippen MR) is 64.0 cm³/mol. The molecule has 0 aromatic heterocycles. The first-order valence-electron chi connectivity index (χ1n) is 5.48. The summed E-state index contributed by atoms with van der Waals surface area (Å²) in [5.41, 5.74) is 7.32. The Morgan fingerprint density at radius 2 is 2.20 bits per heavy atom. The van der Waals surface area contributed by atoms with Crippen LogP contribution in [0.5, 0.6) is 0 Å². The fourth-order valence-corrected chi connectivity index (χ4v) is 2.63. The fourth-order valence-electron chi connectivity index (χ4n) is 2.38. The number of nitrogens with two attached hydrogens (primary N) is 1. The van der Waals surface area contributed by atoms with Gasteiger partial charge in [0.2, 0.25) is 0 Å². The van der Waals surface area contributed by atoms with E-state index in [9.17, 15) is 0 Å². The predicted octanol–water partition coefficient (Wildman–Crippen LogP) is 2.43. The van der Waals surface area contributed by atoms with Crippen molar-refractivity contribution >= 4 is 11.6 Å². The van der Waals surface area contributed by atoms with E-state index in [-0.39, 0.29) is 6.04 Å². The Labute approximate surface area is 96.0 Å². The van der Waals surface area contributed by atoms with Crippen molar-refractivity contribution in [2.45, 2.75) is 25.4 Å². The SMILES string of the molecule is CCN1CCC(N)C1c1ccccc1Cl. The van der Waals surface area contributed by atoms with Crippen molar-refractivity contribution in [1.82, 2.24) is 4.90 Å². The van der Waals surface area contributed by atoms with Crippen LogP contribution in [-0.2, 0) is 0 Å². The van der Waals surface area contributed by atoms with Crippen LogP contribution in [0.15, 0.2) is 24.3 Å². The van der Waals surface area contributed by atoms with E-state index in [0.29, 0.717) is 6.04 Å². The normalized spacial score (nSPS) is 27.1. The van der Waals surface area contributed by atoms with Crippen molar-refractivity contribution in [3.05, 3.63) is 34.9 Å². The van der Waals surface area contributed by atoms with Crippen LogP contribution in [-0.4, -0.2) is 24.0 Å². The third kappa shape index (κ3) is 2.03. The lowest BCUT2D eigenvalue weighted by Gasteiger charge is -2.26. The summed E-state index contributed by atoms with van der Waals surface area (Å²) in [6.07, 6.45) is 1.06. The Hall–Kier alpha value is -0.570. The molecule has 3 heteroatoms. The molecule has 1 fully saturated rings. The number of rotatable bonds is 2. The van der Waals surface area contributed by atoms with Gasteiger partial charge in [0.1, 0.15) is 0 Å². The summed E-state index contributed by atoms with van der Waals surface area (Å²) in [7, 11) is 0. The molecule has 0 saturated carbocycles. The number of hydrogen-bond acceptors (Lipinski definition) is 2. The summed E-state index contributed by atoms with van der Waals surface area (Å²) < 4.78 is 0. The minimum Gasteiger partial charge on any atom is -0.326 e. The van der Waals surface area contributed by atoms with Crippen molar-refractivity contribution in [1.29, 1.82) is 0 Å². The number of nitrogens with zero attached hydrogens (tertiary/aromatic N) is 1. The van der Waals surface area contributed by atoms with E-state index in [2.05, 4.69) is 17.9 Å². The number of benzene rings is 1. The first kappa shape index (κ1) is 10.9. The average Bonchev–Trinajstić information content (AvgIpc) is 2.60. The highest BCUT2D eigenvalue weighted by Gasteiger charge is 2.32. The minimum atomic E-state index is 0.213. The highest BCUT2D eigenvalue weighted by Crippen LogP contribution is 2.34. The summed E-state index contributed by atoms with van der Waals surface area (Å²) >= 11 is 6.21. The van der Waals surface area contributed by atoms with Gasteiger partial charge in [-0.25, -0.2) is 0 Å². The Morgan fingerprint density at radius 1 is 1.47 bits per heavy atom. The average molecular weight is 225 g/mol. The summed E-state index contributed by atoms with van der Waals surface area (Å²) in [4.78, 5) is 2.39. The lowest BCUT2D eigenvalue weighted by Crippen LogP contribution is -2.31. The number of hydrogen-bond donors (Lipinski definition) is 1. The van der Waals surface area contributed by atoms with Crippen molar-refractivity contribution < 1.29 is 0 Å². The Morgan fingerprint density at radius 3 is 2.87 bits per heavy atom. The van der Waals surface area contributed by atoms with Gasteiger partial charge in [-0.3, -0.25) is 4.90 Å². The van der Waals surface area contributed by atoms with Gasteiger partial charge in [-0.05, 0) is 24.6 Å². The van der Waals surface area contributed by atoms with Crippen LogP contribution in [0.3, 0.4) is 0 Å². The monoisotopic (exact) mass is 224 g/mol. The van der Waals surface area contributed by atoms with Crippen LogP contribution in [0.1, 0.15) is 24.9 Å². The Bertz CT molecular complexity index is 340. The molecule has 1 aromatic rings. The van der Waals surface area contributed by atoms with Gasteiger partial charge in [-0.2, -0.15) is 0 Å². The molecule has 2 rings (SSSR count). The van der Waals surface area contributed by atoms with E-state index in [1.165, 1.54) is 5.56 Å². The largest absolute Gasteiger partial charge is 0.326 e. The molecule has 0 amide bonds. The standard InChI is InChI=1S/C12H17ClN2/c1-2-15-8-7-11(14)12(15)9-5-3-4-6-10(9)13/h3-6,11-12H,2,7-8,14H2,1H3. The maximum absolute atomic E-state index is 6.21. The van der Waals surface area contributed by atoms with Gasteiger partial charge in [0.05, 0.1) is 6.04 Å². The van der Waals surface area contributed by atoms with Gasteiger partial charge in [-0.1, -0.05) is 36.7 Å². The third-order valence-corrected chi connectivity index (χ3v) is 3.52. The van der Waals surface area contributed by atoms with Crippen molar-refractivity contribution in [2.75, 3.05) is 13.1 Å². The van der Waals surface area contributed by atoms with Crippen LogP contribution in [0.4, 0.5) is 0 Å². The molecule has 1 aromatic carbocycles. The molecule has 1 heterocycles. The van der Waals surface area contributed by atoms with E-state index >= 15 is 0 Å². The highest BCUT2D eigenvalue weighted by molar-refractivity contribution is 6.31. The molecule has 1 aliphatic heterocycles. The van der Waals surface area contributed by atoms with Gasteiger partial charge in [0.25, 0.3) is 0 Å². The summed E-state index contributed by atoms with van der Waals surface area (Å²) in [5.74, 6) is 0. The molecule has 2 unspecified atom stereocenters. The zero-order valence-corrected chi connectivity index (χ0v) is 9.74. The molecule has 0 spiro atoms. The zero-order chi connectivity index (χ0) is 10.8. The van der Waals surface area contributed by atoms with Crippen LogP contribution in [0.2, 0.25) is 5.02 Å². The maximum Gasteiger partial charge on any atom is 0.0514 e. The van der Waals surface area contributed by atoms with E-state index < -0.39 is 0 Å². The Balaban J connectivity index is 2.32. The first-order chi connectivity index (χ1) is 7.24. The van der Waals surface area contributed by atoms with Crippen molar-refractivity contribution in [3.8, 4) is 0 Å². The molecule has 1 saturated heterocycles. The maximum atomic E-state index is 6.21. The smallest absolute Gasteiger partial charge is 0.0514 e. The van der Waals surface area contributed by atoms with E-state index in [0.717, 1.165) is 24.5 Å². The molecular formula is C12H17ClN2. The summed E-state index contributed by atoms with van der Waals surface area (Å²) in [6.45, 7) is 4.28. The van der Waals surface area contributed by atoms with Gasteiger partial charge >= 0.3 is 0 Å². The number of likely N-dealkylation sites (N-methyl/N-ethyl adjacent to an activating group) is 1. The quantitative estimate of drug-likeness (QED) is 0.836. The topological polar surface area (TPSA) is 29.3 Å². The summed E-state index contributed by atoms with van der Waals surface area (Å²) in [6, 6.07) is 8.52. The van der Waals surface area contributed by atoms with Crippen molar-refractivity contribution in [3.63, 3.8) is 0 Å². The van der Waals surface area contributed by atoms with E-state index in [4.69, 9.17) is 17.3 Å².